The van der Waals surface area contributed by atoms with E-state index in [2.05, 4.69) is 32.0 Å². The fourth-order valence-corrected chi connectivity index (χ4v) is 2.48. The smallest absolute Gasteiger partial charge is 0.233 e. The van der Waals surface area contributed by atoms with Gasteiger partial charge in [0.05, 0.1) is 18.8 Å². The van der Waals surface area contributed by atoms with E-state index in [1.807, 2.05) is 0 Å². The Hall–Kier alpha value is -2.02. The minimum Gasteiger partial charge on any atom is -0.481 e. The standard InChI is InChI=1S/C13H17N5O2/c1-8(12-17-16-9(2)20-12)18-5-4-11-10(6-18)13(19-3)15-7-14-11/h7-8H,4-6H2,1-3H3/t8-/m0/s1. The molecule has 0 fully saturated rings. The Morgan fingerprint density at radius 1 is 1.35 bits per heavy atom. The molecule has 0 aliphatic carbocycles. The van der Waals surface area contributed by atoms with Crippen LogP contribution in [0, 0.1) is 6.92 Å². The van der Waals surface area contributed by atoms with Crippen molar-refractivity contribution in [1.29, 1.82) is 0 Å². The molecule has 106 valence electrons. The van der Waals surface area contributed by atoms with Crippen molar-refractivity contribution >= 4 is 0 Å². The van der Waals surface area contributed by atoms with Crippen LogP contribution in [0.5, 0.6) is 5.88 Å². The molecule has 0 saturated carbocycles. The zero-order valence-electron chi connectivity index (χ0n) is 11.8. The largest absolute Gasteiger partial charge is 0.481 e. The van der Waals surface area contributed by atoms with Gasteiger partial charge in [0.2, 0.25) is 17.7 Å². The van der Waals surface area contributed by atoms with E-state index in [4.69, 9.17) is 9.15 Å². The average molecular weight is 275 g/mol. The number of aromatic nitrogens is 4. The van der Waals surface area contributed by atoms with E-state index >= 15 is 0 Å². The number of fused-ring (bicyclic) bond motifs is 1. The molecule has 0 aromatic carbocycles. The highest BCUT2D eigenvalue weighted by molar-refractivity contribution is 5.31. The van der Waals surface area contributed by atoms with Crippen molar-refractivity contribution in [3.8, 4) is 5.88 Å². The van der Waals surface area contributed by atoms with E-state index in [1.54, 1.807) is 20.4 Å². The van der Waals surface area contributed by atoms with Crippen LogP contribution in [0.2, 0.25) is 0 Å². The van der Waals surface area contributed by atoms with E-state index < -0.39 is 0 Å². The molecule has 0 amide bonds. The first-order chi connectivity index (χ1) is 9.69. The zero-order valence-corrected chi connectivity index (χ0v) is 11.8. The van der Waals surface area contributed by atoms with Gasteiger partial charge in [-0.05, 0) is 6.92 Å². The van der Waals surface area contributed by atoms with Gasteiger partial charge in [-0.25, -0.2) is 9.97 Å². The van der Waals surface area contributed by atoms with Crippen LogP contribution in [0.1, 0.15) is 36.0 Å². The van der Waals surface area contributed by atoms with Crippen LogP contribution < -0.4 is 4.74 Å². The molecule has 1 atom stereocenters. The predicted molar refractivity (Wildman–Crippen MR) is 70.1 cm³/mol. The number of nitrogens with zero attached hydrogens (tertiary/aromatic N) is 5. The summed E-state index contributed by atoms with van der Waals surface area (Å²) in [4.78, 5) is 10.8. The summed E-state index contributed by atoms with van der Waals surface area (Å²) >= 11 is 0. The Kier molecular flexibility index (Phi) is 3.35. The van der Waals surface area contributed by atoms with Crippen molar-refractivity contribution < 1.29 is 9.15 Å². The first kappa shape index (κ1) is 13.0. The molecule has 0 N–H and O–H groups in total. The van der Waals surface area contributed by atoms with E-state index in [-0.39, 0.29) is 6.04 Å². The van der Waals surface area contributed by atoms with Crippen molar-refractivity contribution in [2.75, 3.05) is 13.7 Å². The zero-order chi connectivity index (χ0) is 14.1. The summed E-state index contributed by atoms with van der Waals surface area (Å²) in [5, 5.41) is 7.99. The lowest BCUT2D eigenvalue weighted by atomic mass is 10.0. The SMILES string of the molecule is COc1ncnc2c1CN([C@@H](C)c1nnc(C)o1)CC2. The summed E-state index contributed by atoms with van der Waals surface area (Å²) in [7, 11) is 1.63. The fraction of sp³-hybridized carbons (Fsp3) is 0.538. The second-order valence-corrected chi connectivity index (χ2v) is 4.86. The van der Waals surface area contributed by atoms with Crippen molar-refractivity contribution in [2.45, 2.75) is 32.9 Å². The number of aryl methyl sites for hydroxylation is 1. The summed E-state index contributed by atoms with van der Waals surface area (Å²) in [6, 6.07) is 0.0641. The molecule has 0 bridgehead atoms. The first-order valence-electron chi connectivity index (χ1n) is 6.60. The van der Waals surface area contributed by atoms with Crippen LogP contribution >= 0.6 is 0 Å². The summed E-state index contributed by atoms with van der Waals surface area (Å²) in [6.45, 7) is 5.48. The Morgan fingerprint density at radius 2 is 2.20 bits per heavy atom. The lowest BCUT2D eigenvalue weighted by Crippen LogP contribution is -2.34. The maximum atomic E-state index is 5.52. The second-order valence-electron chi connectivity index (χ2n) is 4.86. The molecule has 0 spiro atoms. The van der Waals surface area contributed by atoms with E-state index in [1.165, 1.54) is 0 Å². The molecule has 7 nitrogen and oxygen atoms in total. The van der Waals surface area contributed by atoms with E-state index in [9.17, 15) is 0 Å². The van der Waals surface area contributed by atoms with Gasteiger partial charge in [0.25, 0.3) is 0 Å². The van der Waals surface area contributed by atoms with Crippen LogP contribution in [0.3, 0.4) is 0 Å². The van der Waals surface area contributed by atoms with E-state index in [0.717, 1.165) is 30.8 Å². The molecule has 1 aliphatic rings. The number of methoxy groups -OCH3 is 1. The molecule has 0 saturated heterocycles. The summed E-state index contributed by atoms with van der Waals surface area (Å²) in [5.74, 6) is 1.88. The van der Waals surface area contributed by atoms with E-state index in [0.29, 0.717) is 17.7 Å². The minimum absolute atomic E-state index is 0.0641. The lowest BCUT2D eigenvalue weighted by Gasteiger charge is -2.31. The maximum Gasteiger partial charge on any atom is 0.233 e. The van der Waals surface area contributed by atoms with Crippen LogP contribution in [0.25, 0.3) is 0 Å². The van der Waals surface area contributed by atoms with Crippen molar-refractivity contribution in [2.24, 2.45) is 0 Å². The fourth-order valence-electron chi connectivity index (χ4n) is 2.48. The molecule has 2 aromatic heterocycles. The van der Waals surface area contributed by atoms with Gasteiger partial charge in [0.1, 0.15) is 6.33 Å². The molecule has 0 unspecified atom stereocenters. The molecule has 2 aromatic rings. The van der Waals surface area contributed by atoms with Gasteiger partial charge in [-0.3, -0.25) is 4.90 Å². The third kappa shape index (κ3) is 2.24. The molecule has 0 radical (unpaired) electrons. The second kappa shape index (κ2) is 5.16. The van der Waals surface area contributed by atoms with Crippen molar-refractivity contribution in [1.82, 2.24) is 25.1 Å². The van der Waals surface area contributed by atoms with Gasteiger partial charge >= 0.3 is 0 Å². The van der Waals surface area contributed by atoms with Crippen molar-refractivity contribution in [3.05, 3.63) is 29.4 Å². The molecule has 1 aliphatic heterocycles. The topological polar surface area (TPSA) is 77.2 Å². The van der Waals surface area contributed by atoms with Crippen LogP contribution in [0.15, 0.2) is 10.7 Å². The van der Waals surface area contributed by atoms with Gasteiger partial charge in [-0.15, -0.1) is 10.2 Å². The first-order valence-corrected chi connectivity index (χ1v) is 6.60. The van der Waals surface area contributed by atoms with Crippen LogP contribution in [-0.4, -0.2) is 38.7 Å². The normalized spacial score (nSPS) is 16.8. The average Bonchev–Trinajstić information content (AvgIpc) is 2.91. The number of hydrogen-bond donors (Lipinski definition) is 0. The van der Waals surface area contributed by atoms with Crippen molar-refractivity contribution in [3.63, 3.8) is 0 Å². The Morgan fingerprint density at radius 3 is 2.90 bits per heavy atom. The van der Waals surface area contributed by atoms with Gasteiger partial charge < -0.3 is 9.15 Å². The number of hydrogen-bond acceptors (Lipinski definition) is 7. The minimum atomic E-state index is 0.0641. The number of rotatable bonds is 3. The highest BCUT2D eigenvalue weighted by atomic mass is 16.5. The van der Waals surface area contributed by atoms with Gasteiger partial charge in [0, 0.05) is 32.0 Å². The number of ether oxygens (including phenoxy) is 1. The molecule has 3 rings (SSSR count). The van der Waals surface area contributed by atoms with Crippen LogP contribution in [0.4, 0.5) is 0 Å². The lowest BCUT2D eigenvalue weighted by molar-refractivity contribution is 0.161. The van der Waals surface area contributed by atoms with Gasteiger partial charge in [-0.1, -0.05) is 0 Å². The summed E-state index contributed by atoms with van der Waals surface area (Å²) < 4.78 is 10.8. The summed E-state index contributed by atoms with van der Waals surface area (Å²) in [5.41, 5.74) is 2.10. The maximum absolute atomic E-state index is 5.52. The van der Waals surface area contributed by atoms with Gasteiger partial charge in [-0.2, -0.15) is 0 Å². The molecular weight excluding hydrogens is 258 g/mol. The summed E-state index contributed by atoms with van der Waals surface area (Å²) in [6.07, 6.45) is 2.42. The third-order valence-corrected chi connectivity index (χ3v) is 3.63. The molecule has 7 heteroatoms. The Labute approximate surface area is 117 Å². The molecule has 20 heavy (non-hydrogen) atoms. The molecule has 3 heterocycles. The van der Waals surface area contributed by atoms with Crippen LogP contribution in [-0.2, 0) is 13.0 Å². The molecular formula is C13H17N5O2. The highest BCUT2D eigenvalue weighted by Crippen LogP contribution is 2.29. The van der Waals surface area contributed by atoms with Gasteiger partial charge in [0.15, 0.2) is 0 Å². The highest BCUT2D eigenvalue weighted by Gasteiger charge is 2.27. The quantitative estimate of drug-likeness (QED) is 0.835. The Bertz CT molecular complexity index is 598. The Balaban J connectivity index is 1.84. The third-order valence-electron chi connectivity index (χ3n) is 3.63. The monoisotopic (exact) mass is 275 g/mol. The predicted octanol–water partition coefficient (Wildman–Crippen LogP) is 1.30.